The number of hydrogen-bond acceptors (Lipinski definition) is 2. The van der Waals surface area contributed by atoms with Gasteiger partial charge in [0.2, 0.25) is 0 Å². The number of nitrogens with two attached hydrogens (primary N) is 1. The number of benzene rings is 1. The summed E-state index contributed by atoms with van der Waals surface area (Å²) in [5, 5.41) is 6.12. The van der Waals surface area contributed by atoms with E-state index in [0.717, 1.165) is 11.3 Å². The number of hydrogen-bond donors (Lipinski definition) is 3. The molecule has 0 aliphatic carbocycles. The maximum absolute atomic E-state index is 11.8. The molecule has 3 nitrogen and oxygen atoms in total. The Kier molecular flexibility index (Phi) is 4.83. The van der Waals surface area contributed by atoms with Gasteiger partial charge >= 0.3 is 0 Å². The quantitative estimate of drug-likeness (QED) is 0.534. The lowest BCUT2D eigenvalue weighted by molar-refractivity contribution is 0.490. The highest BCUT2D eigenvalue weighted by molar-refractivity contribution is 7.80. The van der Waals surface area contributed by atoms with Crippen LogP contribution in [0.15, 0.2) is 24.3 Å². The van der Waals surface area contributed by atoms with Gasteiger partial charge in [-0.3, -0.25) is 0 Å². The van der Waals surface area contributed by atoms with E-state index in [4.69, 9.17) is 18.0 Å². The Morgan fingerprint density at radius 3 is 2.73 bits per heavy atom. The zero-order chi connectivity index (χ0) is 11.1. The summed E-state index contributed by atoms with van der Waals surface area (Å²) < 4.78 is 11.8. The fourth-order valence-corrected chi connectivity index (χ4v) is 1.27. The van der Waals surface area contributed by atoms with E-state index >= 15 is 0 Å². The second kappa shape index (κ2) is 6.19. The molecule has 0 spiro atoms. The number of rotatable bonds is 4. The summed E-state index contributed by atoms with van der Waals surface area (Å²) in [4.78, 5) is 0. The van der Waals surface area contributed by atoms with Crippen molar-refractivity contribution in [2.75, 3.05) is 19.0 Å². The number of alkyl halides is 1. The molecule has 0 saturated heterocycles. The summed E-state index contributed by atoms with van der Waals surface area (Å²) in [6.07, 6.45) is 0. The Labute approximate surface area is 93.9 Å². The third-order valence-corrected chi connectivity index (χ3v) is 2.16. The van der Waals surface area contributed by atoms with Crippen LogP contribution in [0.1, 0.15) is 5.56 Å². The summed E-state index contributed by atoms with van der Waals surface area (Å²) in [7, 11) is 0. The Morgan fingerprint density at radius 2 is 2.07 bits per heavy atom. The Balaban J connectivity index is 2.37. The molecule has 1 aromatic rings. The molecule has 15 heavy (non-hydrogen) atoms. The molecular weight excluding hydrogens is 213 g/mol. The molecule has 0 bridgehead atoms. The largest absolute Gasteiger partial charge is 0.398 e. The van der Waals surface area contributed by atoms with Gasteiger partial charge in [-0.2, -0.15) is 0 Å². The minimum Gasteiger partial charge on any atom is -0.398 e. The van der Waals surface area contributed by atoms with Crippen molar-refractivity contribution in [3.8, 4) is 0 Å². The van der Waals surface area contributed by atoms with E-state index in [9.17, 15) is 4.39 Å². The topological polar surface area (TPSA) is 50.1 Å². The molecule has 1 aromatic carbocycles. The first-order valence-electron chi connectivity index (χ1n) is 4.65. The summed E-state index contributed by atoms with van der Waals surface area (Å²) in [6, 6.07) is 7.53. The van der Waals surface area contributed by atoms with Crippen molar-refractivity contribution in [3.05, 3.63) is 29.8 Å². The molecule has 1 rings (SSSR count). The SMILES string of the molecule is Nc1ccccc1CNC(=S)NCCF. The average molecular weight is 227 g/mol. The van der Waals surface area contributed by atoms with E-state index in [1.54, 1.807) is 0 Å². The van der Waals surface area contributed by atoms with E-state index < -0.39 is 6.67 Å². The van der Waals surface area contributed by atoms with E-state index in [-0.39, 0.29) is 6.54 Å². The van der Waals surface area contributed by atoms with Gasteiger partial charge in [0.1, 0.15) is 6.67 Å². The third kappa shape index (κ3) is 4.12. The van der Waals surface area contributed by atoms with Gasteiger partial charge in [0.15, 0.2) is 5.11 Å². The molecule has 82 valence electrons. The lowest BCUT2D eigenvalue weighted by Gasteiger charge is -2.10. The predicted molar refractivity (Wildman–Crippen MR) is 64.3 cm³/mol. The molecule has 0 unspecified atom stereocenters. The number of anilines is 1. The zero-order valence-corrected chi connectivity index (χ0v) is 9.11. The van der Waals surface area contributed by atoms with Crippen LogP contribution in [-0.2, 0) is 6.54 Å². The van der Waals surface area contributed by atoms with Crippen molar-refractivity contribution in [2.45, 2.75) is 6.54 Å². The van der Waals surface area contributed by atoms with Gasteiger partial charge in [-0.15, -0.1) is 0 Å². The van der Waals surface area contributed by atoms with Gasteiger partial charge in [0, 0.05) is 18.8 Å². The van der Waals surface area contributed by atoms with Gasteiger partial charge in [0.05, 0.1) is 0 Å². The smallest absolute Gasteiger partial charge is 0.166 e. The van der Waals surface area contributed by atoms with E-state index in [0.29, 0.717) is 11.7 Å². The third-order valence-electron chi connectivity index (χ3n) is 1.87. The Morgan fingerprint density at radius 1 is 1.33 bits per heavy atom. The standard InChI is InChI=1S/C10H14FN3S/c11-5-6-13-10(15)14-7-8-3-1-2-4-9(8)12/h1-4H,5-7,12H2,(H2,13,14,15). The van der Waals surface area contributed by atoms with Gasteiger partial charge < -0.3 is 16.4 Å². The number of thiocarbonyl (C=S) groups is 1. The van der Waals surface area contributed by atoms with Crippen LogP contribution in [0.25, 0.3) is 0 Å². The molecule has 0 radical (unpaired) electrons. The summed E-state index contributed by atoms with van der Waals surface area (Å²) in [6.45, 7) is 0.343. The Hall–Kier alpha value is -1.36. The second-order valence-electron chi connectivity index (χ2n) is 3.00. The summed E-state index contributed by atoms with van der Waals surface area (Å²) >= 11 is 4.93. The molecule has 4 N–H and O–H groups in total. The number of nitrogens with one attached hydrogen (secondary N) is 2. The van der Waals surface area contributed by atoms with Gasteiger partial charge in [0.25, 0.3) is 0 Å². The molecule has 0 amide bonds. The number of para-hydroxylation sites is 1. The van der Waals surface area contributed by atoms with Crippen LogP contribution in [0.3, 0.4) is 0 Å². The molecule has 0 aliphatic heterocycles. The highest BCUT2D eigenvalue weighted by Crippen LogP contribution is 2.09. The van der Waals surface area contributed by atoms with Crippen molar-refractivity contribution in [1.82, 2.24) is 10.6 Å². The maximum atomic E-state index is 11.8. The molecule has 0 aliphatic rings. The fraction of sp³-hybridized carbons (Fsp3) is 0.300. The highest BCUT2D eigenvalue weighted by Gasteiger charge is 1.98. The highest BCUT2D eigenvalue weighted by atomic mass is 32.1. The summed E-state index contributed by atoms with van der Waals surface area (Å²) in [5.41, 5.74) is 7.44. The van der Waals surface area contributed by atoms with Crippen molar-refractivity contribution in [1.29, 1.82) is 0 Å². The maximum Gasteiger partial charge on any atom is 0.166 e. The summed E-state index contributed by atoms with van der Waals surface area (Å²) in [5.74, 6) is 0. The van der Waals surface area contributed by atoms with Crippen LogP contribution in [0.4, 0.5) is 10.1 Å². The monoisotopic (exact) mass is 227 g/mol. The number of nitrogen functional groups attached to an aromatic ring is 1. The first-order valence-corrected chi connectivity index (χ1v) is 5.06. The van der Waals surface area contributed by atoms with Crippen LogP contribution in [-0.4, -0.2) is 18.3 Å². The lowest BCUT2D eigenvalue weighted by Crippen LogP contribution is -2.36. The molecule has 0 aromatic heterocycles. The van der Waals surface area contributed by atoms with Crippen LogP contribution in [0.2, 0.25) is 0 Å². The Bertz CT molecular complexity index is 330. The first kappa shape index (κ1) is 11.7. The second-order valence-corrected chi connectivity index (χ2v) is 3.41. The minimum absolute atomic E-state index is 0.232. The molecule has 0 atom stereocenters. The lowest BCUT2D eigenvalue weighted by atomic mass is 10.2. The van der Waals surface area contributed by atoms with E-state index in [1.165, 1.54) is 0 Å². The molecule has 0 heterocycles. The minimum atomic E-state index is -0.435. The zero-order valence-electron chi connectivity index (χ0n) is 8.29. The van der Waals surface area contributed by atoms with Crippen molar-refractivity contribution >= 4 is 23.0 Å². The first-order chi connectivity index (χ1) is 7.24. The van der Waals surface area contributed by atoms with Crippen LogP contribution < -0.4 is 16.4 Å². The number of halogens is 1. The average Bonchev–Trinajstić information content (AvgIpc) is 2.25. The molecule has 0 saturated carbocycles. The van der Waals surface area contributed by atoms with E-state index in [2.05, 4.69) is 10.6 Å². The predicted octanol–water partition coefficient (Wildman–Crippen LogP) is 1.20. The van der Waals surface area contributed by atoms with Crippen LogP contribution in [0, 0.1) is 0 Å². The van der Waals surface area contributed by atoms with Crippen molar-refractivity contribution in [2.24, 2.45) is 0 Å². The van der Waals surface area contributed by atoms with Crippen LogP contribution in [0.5, 0.6) is 0 Å². The van der Waals surface area contributed by atoms with Crippen molar-refractivity contribution in [3.63, 3.8) is 0 Å². The fourth-order valence-electron chi connectivity index (χ4n) is 1.09. The molecule has 5 heteroatoms. The van der Waals surface area contributed by atoms with Crippen LogP contribution >= 0.6 is 12.2 Å². The van der Waals surface area contributed by atoms with E-state index in [1.807, 2.05) is 24.3 Å². The van der Waals surface area contributed by atoms with Gasteiger partial charge in [-0.1, -0.05) is 18.2 Å². The normalized spacial score (nSPS) is 9.67. The van der Waals surface area contributed by atoms with Gasteiger partial charge in [-0.25, -0.2) is 4.39 Å². The molecule has 0 fully saturated rings. The van der Waals surface area contributed by atoms with Gasteiger partial charge in [-0.05, 0) is 23.8 Å². The molecular formula is C10H14FN3S. The van der Waals surface area contributed by atoms with Crippen molar-refractivity contribution < 1.29 is 4.39 Å².